The van der Waals surface area contributed by atoms with Crippen LogP contribution in [0.2, 0.25) is 0 Å². The van der Waals surface area contributed by atoms with E-state index < -0.39 is 30.0 Å². The fourth-order valence-electron chi connectivity index (χ4n) is 5.39. The van der Waals surface area contributed by atoms with Crippen LogP contribution in [0, 0.1) is 11.8 Å². The second kappa shape index (κ2) is 10.6. The fraction of sp³-hybridized carbons (Fsp3) is 0.333. The van der Waals surface area contributed by atoms with Crippen molar-refractivity contribution in [3.63, 3.8) is 0 Å². The normalized spacial score (nSPS) is 21.3. The first-order valence-corrected chi connectivity index (χ1v) is 12.8. The quantitative estimate of drug-likeness (QED) is 0.222. The molecule has 0 amide bonds. The Labute approximate surface area is 225 Å². The number of fused-ring (bicyclic) bond motifs is 2. The molecule has 0 saturated carbocycles. The lowest BCUT2D eigenvalue weighted by Gasteiger charge is -2.32. The van der Waals surface area contributed by atoms with Crippen molar-refractivity contribution in [3.05, 3.63) is 83.4 Å². The van der Waals surface area contributed by atoms with Gasteiger partial charge in [0.05, 0.1) is 18.8 Å². The molecular weight excluding hydrogens is 504 g/mol. The average molecular weight is 533 g/mol. The van der Waals surface area contributed by atoms with Crippen LogP contribution in [0.1, 0.15) is 40.6 Å². The second-order valence-corrected chi connectivity index (χ2v) is 9.65. The number of hydrogen-bond acceptors (Lipinski definition) is 9. The van der Waals surface area contributed by atoms with Crippen LogP contribution in [0.25, 0.3) is 0 Å². The van der Waals surface area contributed by atoms with Gasteiger partial charge in [0, 0.05) is 18.6 Å². The van der Waals surface area contributed by atoms with E-state index in [0.717, 1.165) is 11.1 Å². The van der Waals surface area contributed by atoms with Crippen molar-refractivity contribution in [3.8, 4) is 23.0 Å². The van der Waals surface area contributed by atoms with Gasteiger partial charge in [-0.05, 0) is 48.4 Å². The standard InChI is InChI=1S/C30H28O9/c1-17(28(33-2)18-6-4-3-5-7-18)39-29(20-9-11-23-25(13-20)38-16-36-23)21-14-34-30(32)26(21)27(31)19-8-10-22-24(12-19)37-15-35-22/h3-13,17,21,26,28-29H,14-16H2,1-2H3/t17?,21-,26-,28-,29+/m0/s1. The summed E-state index contributed by atoms with van der Waals surface area (Å²) >= 11 is 0. The van der Waals surface area contributed by atoms with Crippen LogP contribution in [0.4, 0.5) is 0 Å². The summed E-state index contributed by atoms with van der Waals surface area (Å²) in [5.74, 6) is -0.423. The molecule has 3 aliphatic rings. The predicted molar refractivity (Wildman–Crippen MR) is 137 cm³/mol. The number of ether oxygens (including phenoxy) is 7. The molecule has 39 heavy (non-hydrogen) atoms. The summed E-state index contributed by atoms with van der Waals surface area (Å²) in [5.41, 5.74) is 2.02. The molecule has 1 saturated heterocycles. The number of rotatable bonds is 9. The van der Waals surface area contributed by atoms with Crippen molar-refractivity contribution in [2.24, 2.45) is 11.8 Å². The smallest absolute Gasteiger partial charge is 0.317 e. The first kappa shape index (κ1) is 25.2. The number of benzene rings is 3. The van der Waals surface area contributed by atoms with Gasteiger partial charge in [-0.3, -0.25) is 9.59 Å². The number of ketones is 1. The fourth-order valence-corrected chi connectivity index (χ4v) is 5.39. The highest BCUT2D eigenvalue weighted by Crippen LogP contribution is 2.44. The maximum absolute atomic E-state index is 13.8. The SMILES string of the molecule is CO[C@H](c1ccccc1)C(C)O[C@H](c1ccc2c(c1)OCO2)[C@H]1COC(=O)[C@@H]1C(=O)c1ccc2c(c1)OCO2. The monoisotopic (exact) mass is 532 g/mol. The van der Waals surface area contributed by atoms with Gasteiger partial charge in [-0.15, -0.1) is 0 Å². The lowest BCUT2D eigenvalue weighted by molar-refractivity contribution is -0.140. The molecule has 0 spiro atoms. The number of hydrogen-bond donors (Lipinski definition) is 0. The van der Waals surface area contributed by atoms with Crippen molar-refractivity contribution in [1.82, 2.24) is 0 Å². The highest BCUT2D eigenvalue weighted by atomic mass is 16.7. The van der Waals surface area contributed by atoms with Crippen LogP contribution in [-0.2, 0) is 19.0 Å². The summed E-state index contributed by atoms with van der Waals surface area (Å²) in [7, 11) is 1.63. The minimum Gasteiger partial charge on any atom is -0.465 e. The molecule has 0 radical (unpaired) electrons. The lowest BCUT2D eigenvalue weighted by atomic mass is 9.81. The first-order chi connectivity index (χ1) is 19.0. The zero-order valence-corrected chi connectivity index (χ0v) is 21.5. The summed E-state index contributed by atoms with van der Waals surface area (Å²) < 4.78 is 39.9. The lowest BCUT2D eigenvalue weighted by Crippen LogP contribution is -2.34. The summed E-state index contributed by atoms with van der Waals surface area (Å²) in [6, 6.07) is 20.1. The summed E-state index contributed by atoms with van der Waals surface area (Å²) in [4.78, 5) is 26.8. The minimum atomic E-state index is -1.08. The Kier molecular flexibility index (Phi) is 6.85. The Bertz CT molecular complexity index is 1370. The zero-order valence-electron chi connectivity index (χ0n) is 21.5. The first-order valence-electron chi connectivity index (χ1n) is 12.8. The van der Waals surface area contributed by atoms with Gasteiger partial charge in [-0.2, -0.15) is 0 Å². The number of cyclic esters (lactones) is 1. The minimum absolute atomic E-state index is 0.0224. The third-order valence-electron chi connectivity index (χ3n) is 7.32. The van der Waals surface area contributed by atoms with E-state index in [-0.39, 0.29) is 32.1 Å². The Morgan fingerprint density at radius 2 is 1.49 bits per heavy atom. The molecule has 0 N–H and O–H groups in total. The molecule has 1 fully saturated rings. The summed E-state index contributed by atoms with van der Waals surface area (Å²) in [6.45, 7) is 2.14. The second-order valence-electron chi connectivity index (χ2n) is 9.65. The molecule has 3 aromatic carbocycles. The van der Waals surface area contributed by atoms with E-state index in [9.17, 15) is 9.59 Å². The predicted octanol–water partition coefficient (Wildman–Crippen LogP) is 4.65. The van der Waals surface area contributed by atoms with Gasteiger partial charge >= 0.3 is 5.97 Å². The number of carbonyl (C=O) groups is 2. The van der Waals surface area contributed by atoms with Gasteiger partial charge in [0.1, 0.15) is 12.0 Å². The summed E-state index contributed by atoms with van der Waals surface area (Å²) in [5, 5.41) is 0. The van der Waals surface area contributed by atoms with E-state index >= 15 is 0 Å². The van der Waals surface area contributed by atoms with Crippen molar-refractivity contribution in [1.29, 1.82) is 0 Å². The van der Waals surface area contributed by atoms with Crippen LogP contribution in [0.5, 0.6) is 23.0 Å². The van der Waals surface area contributed by atoms with E-state index in [4.69, 9.17) is 33.2 Å². The van der Waals surface area contributed by atoms with Crippen LogP contribution in [-0.4, -0.2) is 45.2 Å². The number of methoxy groups -OCH3 is 1. The summed E-state index contributed by atoms with van der Waals surface area (Å²) in [6.07, 6.45) is -1.51. The van der Waals surface area contributed by atoms with Crippen LogP contribution >= 0.6 is 0 Å². The van der Waals surface area contributed by atoms with E-state index in [1.807, 2.05) is 49.4 Å². The molecule has 1 unspecified atom stereocenters. The van der Waals surface area contributed by atoms with Gasteiger partial charge in [-0.1, -0.05) is 36.4 Å². The number of Topliss-reactive ketones (excluding diaryl/α,β-unsaturated/α-hetero) is 1. The topological polar surface area (TPSA) is 98.8 Å². The van der Waals surface area contributed by atoms with Gasteiger partial charge in [0.25, 0.3) is 0 Å². The van der Waals surface area contributed by atoms with Gasteiger partial charge in [0.2, 0.25) is 13.6 Å². The Morgan fingerprint density at radius 3 is 2.21 bits per heavy atom. The van der Waals surface area contributed by atoms with E-state index in [1.54, 1.807) is 31.4 Å². The molecule has 6 rings (SSSR count). The Balaban J connectivity index is 1.34. The molecule has 0 aromatic heterocycles. The van der Waals surface area contributed by atoms with Gasteiger partial charge in [0.15, 0.2) is 28.8 Å². The highest BCUT2D eigenvalue weighted by Gasteiger charge is 2.48. The molecular formula is C30H28O9. The zero-order chi connectivity index (χ0) is 26.9. The highest BCUT2D eigenvalue weighted by molar-refractivity contribution is 6.10. The van der Waals surface area contributed by atoms with E-state index in [0.29, 0.717) is 28.6 Å². The van der Waals surface area contributed by atoms with E-state index in [1.165, 1.54) is 0 Å². The van der Waals surface area contributed by atoms with E-state index in [2.05, 4.69) is 0 Å². The maximum atomic E-state index is 13.8. The molecule has 9 nitrogen and oxygen atoms in total. The molecule has 202 valence electrons. The molecule has 0 bridgehead atoms. The largest absolute Gasteiger partial charge is 0.465 e. The van der Waals surface area contributed by atoms with Crippen LogP contribution in [0.3, 0.4) is 0 Å². The molecule has 3 aliphatic heterocycles. The van der Waals surface area contributed by atoms with Gasteiger partial charge in [-0.25, -0.2) is 0 Å². The number of esters is 1. The van der Waals surface area contributed by atoms with Crippen molar-refractivity contribution in [2.75, 3.05) is 27.3 Å². The van der Waals surface area contributed by atoms with Crippen LogP contribution in [0.15, 0.2) is 66.7 Å². The number of carbonyl (C=O) groups excluding carboxylic acids is 2. The van der Waals surface area contributed by atoms with Gasteiger partial charge < -0.3 is 33.2 Å². The Morgan fingerprint density at radius 1 is 0.821 bits per heavy atom. The van der Waals surface area contributed by atoms with Crippen LogP contribution < -0.4 is 18.9 Å². The molecule has 3 aromatic rings. The molecule has 3 heterocycles. The van der Waals surface area contributed by atoms with Crippen molar-refractivity contribution >= 4 is 11.8 Å². The van der Waals surface area contributed by atoms with Crippen molar-refractivity contribution < 1.29 is 42.7 Å². The third kappa shape index (κ3) is 4.79. The van der Waals surface area contributed by atoms with Crippen molar-refractivity contribution in [2.45, 2.75) is 25.2 Å². The molecule has 9 heteroatoms. The Hall–Kier alpha value is -4.08. The average Bonchev–Trinajstić information content (AvgIpc) is 3.71. The molecule has 0 aliphatic carbocycles. The third-order valence-corrected chi connectivity index (χ3v) is 7.32. The maximum Gasteiger partial charge on any atom is 0.317 e. The molecule has 5 atom stereocenters.